The van der Waals surface area contributed by atoms with Gasteiger partial charge in [0.15, 0.2) is 0 Å². The maximum Gasteiger partial charge on any atom is 0.407 e. The van der Waals surface area contributed by atoms with E-state index in [2.05, 4.69) is 4.90 Å². The molecule has 0 aliphatic carbocycles. The Balaban J connectivity index is 2.05. The fourth-order valence-corrected chi connectivity index (χ4v) is 2.79. The van der Waals surface area contributed by atoms with Gasteiger partial charge in [0.1, 0.15) is 0 Å². The number of nitrogens with zero attached hydrogens (tertiary/aromatic N) is 2. The predicted octanol–water partition coefficient (Wildman–Crippen LogP) is 1.62. The molecule has 3 N–H and O–H groups in total. The van der Waals surface area contributed by atoms with E-state index in [0.717, 1.165) is 5.56 Å². The van der Waals surface area contributed by atoms with E-state index in [-0.39, 0.29) is 6.04 Å². The van der Waals surface area contributed by atoms with Crippen LogP contribution in [0.5, 0.6) is 0 Å². The zero-order valence-corrected chi connectivity index (χ0v) is 12.5. The third kappa shape index (κ3) is 3.65. The van der Waals surface area contributed by atoms with Crippen molar-refractivity contribution in [3.8, 4) is 0 Å². The second-order valence-electron chi connectivity index (χ2n) is 5.24. The number of hydrogen-bond donors (Lipinski definition) is 2. The number of halogens is 1. The van der Waals surface area contributed by atoms with Crippen LogP contribution in [0.2, 0.25) is 5.02 Å². The Hall–Kier alpha value is -1.79. The van der Waals surface area contributed by atoms with E-state index in [1.165, 1.54) is 4.90 Å². The summed E-state index contributed by atoms with van der Waals surface area (Å²) in [6, 6.07) is 5.15. The summed E-state index contributed by atoms with van der Waals surface area (Å²) in [5, 5.41) is 9.40. The molecule has 1 aromatic rings. The molecule has 0 spiro atoms. The average Bonchev–Trinajstić information content (AvgIpc) is 2.40. The van der Waals surface area contributed by atoms with E-state index in [0.29, 0.717) is 36.8 Å². The number of hydrogen-bond acceptors (Lipinski definition) is 3. The molecule has 0 aromatic heterocycles. The molecule has 1 unspecified atom stereocenters. The third-order valence-corrected chi connectivity index (χ3v) is 3.99. The normalized spacial score (nSPS) is 19.5. The molecular weight excluding hydrogens is 294 g/mol. The predicted molar refractivity (Wildman–Crippen MR) is 79.4 cm³/mol. The summed E-state index contributed by atoms with van der Waals surface area (Å²) in [6.07, 6.45) is -0.885. The van der Waals surface area contributed by atoms with Crippen LogP contribution in [0, 0.1) is 0 Å². The molecule has 1 aliphatic heterocycles. The molecule has 6 nitrogen and oxygen atoms in total. The largest absolute Gasteiger partial charge is 0.465 e. The quantitative estimate of drug-likeness (QED) is 0.888. The van der Waals surface area contributed by atoms with Gasteiger partial charge in [-0.15, -0.1) is 0 Å². The number of piperazine rings is 1. The van der Waals surface area contributed by atoms with Gasteiger partial charge < -0.3 is 15.7 Å². The van der Waals surface area contributed by atoms with Crippen LogP contribution in [0.1, 0.15) is 22.8 Å². The van der Waals surface area contributed by atoms with Crippen molar-refractivity contribution in [3.05, 3.63) is 34.3 Å². The number of rotatable bonds is 3. The Morgan fingerprint density at radius 2 is 2.14 bits per heavy atom. The van der Waals surface area contributed by atoms with Crippen molar-refractivity contribution >= 4 is 23.6 Å². The number of carbonyl (C=O) groups is 2. The van der Waals surface area contributed by atoms with Gasteiger partial charge in [-0.3, -0.25) is 9.69 Å². The van der Waals surface area contributed by atoms with Crippen molar-refractivity contribution < 1.29 is 14.7 Å². The Morgan fingerprint density at radius 3 is 2.71 bits per heavy atom. The van der Waals surface area contributed by atoms with Gasteiger partial charge in [0.2, 0.25) is 5.91 Å². The molecule has 2 amide bonds. The fourth-order valence-electron chi connectivity index (χ4n) is 2.58. The average molecular weight is 312 g/mol. The lowest BCUT2D eigenvalue weighted by atomic mass is 10.1. The summed E-state index contributed by atoms with van der Waals surface area (Å²) in [5.41, 5.74) is 6.53. The molecule has 2 rings (SSSR count). The maximum atomic E-state index is 11.3. The first-order valence-corrected chi connectivity index (χ1v) is 7.06. The summed E-state index contributed by atoms with van der Waals surface area (Å²) in [4.78, 5) is 25.9. The van der Waals surface area contributed by atoms with E-state index in [4.69, 9.17) is 22.4 Å². The topological polar surface area (TPSA) is 86.9 Å². The first kappa shape index (κ1) is 15.6. The van der Waals surface area contributed by atoms with E-state index in [1.807, 2.05) is 13.0 Å². The van der Waals surface area contributed by atoms with Gasteiger partial charge in [-0.1, -0.05) is 17.7 Å². The first-order valence-electron chi connectivity index (χ1n) is 6.68. The number of nitrogens with two attached hydrogens (primary N) is 1. The molecule has 0 bridgehead atoms. The van der Waals surface area contributed by atoms with Crippen molar-refractivity contribution in [3.63, 3.8) is 0 Å². The van der Waals surface area contributed by atoms with Gasteiger partial charge in [0.05, 0.1) is 10.6 Å². The molecule has 21 heavy (non-hydrogen) atoms. The van der Waals surface area contributed by atoms with Crippen LogP contribution in [0.25, 0.3) is 0 Å². The van der Waals surface area contributed by atoms with Crippen LogP contribution in [0.15, 0.2) is 18.2 Å². The van der Waals surface area contributed by atoms with Gasteiger partial charge in [0.25, 0.3) is 0 Å². The molecule has 0 saturated carbocycles. The summed E-state index contributed by atoms with van der Waals surface area (Å²) < 4.78 is 0. The lowest BCUT2D eigenvalue weighted by molar-refractivity contribution is 0.0710. The zero-order valence-electron chi connectivity index (χ0n) is 11.8. The fraction of sp³-hybridized carbons (Fsp3) is 0.429. The van der Waals surface area contributed by atoms with E-state index >= 15 is 0 Å². The third-order valence-electron chi connectivity index (χ3n) is 3.66. The molecule has 0 radical (unpaired) electrons. The van der Waals surface area contributed by atoms with Crippen LogP contribution in [-0.2, 0) is 6.54 Å². The molecule has 114 valence electrons. The molecule has 1 atom stereocenters. The second kappa shape index (κ2) is 6.32. The van der Waals surface area contributed by atoms with Gasteiger partial charge in [-0.05, 0) is 24.6 Å². The molecular formula is C14H18ClN3O3. The van der Waals surface area contributed by atoms with Crippen LogP contribution < -0.4 is 5.73 Å². The number of benzene rings is 1. The van der Waals surface area contributed by atoms with Gasteiger partial charge in [-0.2, -0.15) is 0 Å². The molecule has 1 heterocycles. The summed E-state index contributed by atoms with van der Waals surface area (Å²) in [6.45, 7) is 4.31. The Labute approximate surface area is 128 Å². The van der Waals surface area contributed by atoms with Crippen LogP contribution >= 0.6 is 11.6 Å². The Bertz CT molecular complexity index is 564. The van der Waals surface area contributed by atoms with Crippen molar-refractivity contribution in [2.45, 2.75) is 19.5 Å². The standard InChI is InChI=1S/C14H18ClN3O3/c1-9-7-17(4-5-18(9)14(20)21)8-10-2-3-12(15)11(6-10)13(16)19/h2-3,6,9H,4-5,7-8H2,1H3,(H2,16,19)(H,20,21). The monoisotopic (exact) mass is 311 g/mol. The van der Waals surface area contributed by atoms with Gasteiger partial charge >= 0.3 is 6.09 Å². The number of carboxylic acid groups (broad SMARTS) is 1. The number of primary amides is 1. The summed E-state index contributed by atoms with van der Waals surface area (Å²) in [7, 11) is 0. The highest BCUT2D eigenvalue weighted by Gasteiger charge is 2.27. The smallest absolute Gasteiger partial charge is 0.407 e. The highest BCUT2D eigenvalue weighted by molar-refractivity contribution is 6.33. The van der Waals surface area contributed by atoms with Crippen molar-refractivity contribution in [1.82, 2.24) is 9.80 Å². The minimum absolute atomic E-state index is 0.0563. The molecule has 1 saturated heterocycles. The van der Waals surface area contributed by atoms with Crippen LogP contribution in [-0.4, -0.2) is 52.6 Å². The number of amides is 2. The van der Waals surface area contributed by atoms with Crippen molar-refractivity contribution in [1.29, 1.82) is 0 Å². The zero-order chi connectivity index (χ0) is 15.6. The highest BCUT2D eigenvalue weighted by Crippen LogP contribution is 2.19. The molecule has 1 fully saturated rings. The van der Waals surface area contributed by atoms with E-state index < -0.39 is 12.0 Å². The van der Waals surface area contributed by atoms with Gasteiger partial charge in [0, 0.05) is 32.2 Å². The van der Waals surface area contributed by atoms with Crippen molar-refractivity contribution in [2.24, 2.45) is 5.73 Å². The molecule has 1 aromatic carbocycles. The van der Waals surface area contributed by atoms with E-state index in [9.17, 15) is 9.59 Å². The van der Waals surface area contributed by atoms with Crippen LogP contribution in [0.3, 0.4) is 0 Å². The summed E-state index contributed by atoms with van der Waals surface area (Å²) >= 11 is 5.92. The van der Waals surface area contributed by atoms with Gasteiger partial charge in [-0.25, -0.2) is 4.79 Å². The first-order chi connectivity index (χ1) is 9.88. The molecule has 7 heteroatoms. The Morgan fingerprint density at radius 1 is 1.43 bits per heavy atom. The highest BCUT2D eigenvalue weighted by atomic mass is 35.5. The lowest BCUT2D eigenvalue weighted by Gasteiger charge is -2.38. The minimum Gasteiger partial charge on any atom is -0.465 e. The lowest BCUT2D eigenvalue weighted by Crippen LogP contribution is -2.53. The maximum absolute atomic E-state index is 11.3. The molecule has 1 aliphatic rings. The SMILES string of the molecule is CC1CN(Cc2ccc(Cl)c(C(N)=O)c2)CCN1C(=O)O. The minimum atomic E-state index is -0.885. The number of carbonyl (C=O) groups excluding carboxylic acids is 1. The Kier molecular flexibility index (Phi) is 4.69. The van der Waals surface area contributed by atoms with E-state index in [1.54, 1.807) is 12.1 Å². The van der Waals surface area contributed by atoms with Crippen molar-refractivity contribution in [2.75, 3.05) is 19.6 Å². The van der Waals surface area contributed by atoms with Crippen LogP contribution in [0.4, 0.5) is 4.79 Å². The second-order valence-corrected chi connectivity index (χ2v) is 5.65. The summed E-state index contributed by atoms with van der Waals surface area (Å²) in [5.74, 6) is -0.550.